The van der Waals surface area contributed by atoms with Gasteiger partial charge in [0.2, 0.25) is 0 Å². The summed E-state index contributed by atoms with van der Waals surface area (Å²) in [6.45, 7) is 7.50. The zero-order valence-electron chi connectivity index (χ0n) is 18.1. The van der Waals surface area contributed by atoms with Gasteiger partial charge in [0.15, 0.2) is 0 Å². The Morgan fingerprint density at radius 2 is 1.93 bits per heavy atom. The van der Waals surface area contributed by atoms with E-state index >= 15 is 0 Å². The topological polar surface area (TPSA) is 56.3 Å². The molecule has 2 heterocycles. The van der Waals surface area contributed by atoms with Crippen LogP contribution in [0.2, 0.25) is 0 Å². The molecule has 1 aromatic heterocycles. The Morgan fingerprint density at radius 3 is 2.70 bits per heavy atom. The van der Waals surface area contributed by atoms with Crippen molar-refractivity contribution in [3.8, 4) is 0 Å². The average Bonchev–Trinajstić information content (AvgIpc) is 3.66. The summed E-state index contributed by atoms with van der Waals surface area (Å²) in [5, 5.41) is 7.87. The molecule has 1 aromatic carbocycles. The monoisotopic (exact) mass is 406 g/mol. The number of aromatic nitrogens is 2. The van der Waals surface area contributed by atoms with Gasteiger partial charge in [-0.3, -0.25) is 9.80 Å². The van der Waals surface area contributed by atoms with E-state index in [1.807, 2.05) is 7.05 Å². The number of piperazine rings is 1. The van der Waals surface area contributed by atoms with Crippen molar-refractivity contribution in [3.05, 3.63) is 30.1 Å². The van der Waals surface area contributed by atoms with Gasteiger partial charge >= 0.3 is 0 Å². The van der Waals surface area contributed by atoms with Crippen LogP contribution in [0.5, 0.6) is 0 Å². The van der Waals surface area contributed by atoms with Gasteiger partial charge in [0.25, 0.3) is 0 Å². The molecule has 0 amide bonds. The first-order valence-corrected chi connectivity index (χ1v) is 11.9. The molecular formula is C24H34N6. The number of benzene rings is 1. The van der Waals surface area contributed by atoms with Crippen LogP contribution in [0.3, 0.4) is 0 Å². The minimum Gasteiger partial charge on any atom is -0.369 e. The summed E-state index contributed by atoms with van der Waals surface area (Å²) in [6, 6.07) is 9.26. The van der Waals surface area contributed by atoms with Crippen LogP contribution in [-0.4, -0.2) is 72.1 Å². The van der Waals surface area contributed by atoms with Crippen molar-refractivity contribution in [2.45, 2.75) is 38.3 Å². The van der Waals surface area contributed by atoms with Gasteiger partial charge in [0.05, 0.1) is 12.1 Å². The highest BCUT2D eigenvalue weighted by Gasteiger charge is 2.77. The third kappa shape index (κ3) is 3.29. The fourth-order valence-corrected chi connectivity index (χ4v) is 6.41. The number of fused-ring (bicyclic) bond motifs is 1. The lowest BCUT2D eigenvalue weighted by atomic mass is 10.1. The molecule has 6 nitrogen and oxygen atoms in total. The lowest BCUT2D eigenvalue weighted by Gasteiger charge is -2.39. The molecule has 6 rings (SSSR count). The quantitative estimate of drug-likeness (QED) is 0.657. The van der Waals surface area contributed by atoms with E-state index in [9.17, 15) is 0 Å². The molecule has 160 valence electrons. The largest absolute Gasteiger partial charge is 0.369 e. The third-order valence-electron chi connectivity index (χ3n) is 8.23. The molecule has 1 spiro atoms. The maximum Gasteiger partial charge on any atom is 0.145 e. The maximum atomic E-state index is 4.92. The third-order valence-corrected chi connectivity index (χ3v) is 8.23. The molecule has 3 aliphatic carbocycles. The predicted molar refractivity (Wildman–Crippen MR) is 120 cm³/mol. The molecule has 2 N–H and O–H groups in total. The van der Waals surface area contributed by atoms with Crippen LogP contribution in [0.1, 0.15) is 31.5 Å². The lowest BCUT2D eigenvalue weighted by molar-refractivity contribution is 0.0802. The number of hydrogen-bond acceptors (Lipinski definition) is 6. The van der Waals surface area contributed by atoms with Gasteiger partial charge in [-0.2, -0.15) is 0 Å². The van der Waals surface area contributed by atoms with Crippen LogP contribution in [0.15, 0.2) is 24.3 Å². The summed E-state index contributed by atoms with van der Waals surface area (Å²) in [6.07, 6.45) is 5.66. The van der Waals surface area contributed by atoms with Crippen molar-refractivity contribution in [2.24, 2.45) is 17.3 Å². The highest BCUT2D eigenvalue weighted by Crippen LogP contribution is 2.82. The molecule has 1 aliphatic heterocycles. The Labute approximate surface area is 179 Å². The van der Waals surface area contributed by atoms with E-state index in [0.29, 0.717) is 0 Å². The van der Waals surface area contributed by atoms with Gasteiger partial charge in [0.1, 0.15) is 11.6 Å². The van der Waals surface area contributed by atoms with Gasteiger partial charge < -0.3 is 10.6 Å². The smallest absolute Gasteiger partial charge is 0.145 e. The molecule has 2 aromatic rings. The molecule has 4 fully saturated rings. The second kappa shape index (κ2) is 7.43. The van der Waals surface area contributed by atoms with Crippen LogP contribution in [-0.2, 0) is 6.54 Å². The number of hydrogen-bond donors (Lipinski definition) is 2. The molecule has 0 bridgehead atoms. The Hall–Kier alpha value is -1.76. The first-order valence-electron chi connectivity index (χ1n) is 11.9. The van der Waals surface area contributed by atoms with Crippen LogP contribution in [0.4, 0.5) is 5.82 Å². The van der Waals surface area contributed by atoms with E-state index in [1.165, 1.54) is 25.9 Å². The summed E-state index contributed by atoms with van der Waals surface area (Å²) in [5.74, 6) is 4.07. The van der Waals surface area contributed by atoms with E-state index in [2.05, 4.69) is 44.7 Å². The fourth-order valence-electron chi connectivity index (χ4n) is 6.41. The number of nitrogens with one attached hydrogen (secondary N) is 2. The van der Waals surface area contributed by atoms with Crippen molar-refractivity contribution in [2.75, 3.05) is 51.6 Å². The van der Waals surface area contributed by atoms with E-state index < -0.39 is 0 Å². The second-order valence-electron chi connectivity index (χ2n) is 9.95. The molecule has 3 saturated carbocycles. The maximum absolute atomic E-state index is 4.92. The Balaban J connectivity index is 1.10. The van der Waals surface area contributed by atoms with E-state index in [0.717, 1.165) is 85.0 Å². The molecule has 0 radical (unpaired) electrons. The van der Waals surface area contributed by atoms with Gasteiger partial charge in [-0.1, -0.05) is 12.1 Å². The number of para-hydroxylation sites is 1. The molecule has 4 aliphatic rings. The lowest BCUT2D eigenvalue weighted by Crippen LogP contribution is -2.50. The van der Waals surface area contributed by atoms with Crippen LogP contribution in [0.25, 0.3) is 10.9 Å². The van der Waals surface area contributed by atoms with Crippen LogP contribution >= 0.6 is 0 Å². The van der Waals surface area contributed by atoms with Gasteiger partial charge in [-0.15, -0.1) is 0 Å². The second-order valence-corrected chi connectivity index (χ2v) is 9.95. The van der Waals surface area contributed by atoms with Gasteiger partial charge in [0, 0.05) is 44.2 Å². The first kappa shape index (κ1) is 19.0. The highest BCUT2D eigenvalue weighted by molar-refractivity contribution is 5.88. The normalized spacial score (nSPS) is 32.8. The molecule has 1 saturated heterocycles. The van der Waals surface area contributed by atoms with E-state index in [-0.39, 0.29) is 0 Å². The fraction of sp³-hybridized carbons (Fsp3) is 0.667. The Morgan fingerprint density at radius 1 is 1.07 bits per heavy atom. The molecule has 30 heavy (non-hydrogen) atoms. The van der Waals surface area contributed by atoms with Crippen molar-refractivity contribution in [1.82, 2.24) is 25.1 Å². The van der Waals surface area contributed by atoms with Crippen molar-refractivity contribution in [1.29, 1.82) is 0 Å². The van der Waals surface area contributed by atoms with E-state index in [4.69, 9.17) is 9.97 Å². The van der Waals surface area contributed by atoms with Crippen molar-refractivity contribution >= 4 is 16.7 Å². The van der Waals surface area contributed by atoms with Gasteiger partial charge in [-0.05, 0) is 68.7 Å². The minimum atomic E-state index is 0.852. The summed E-state index contributed by atoms with van der Waals surface area (Å²) >= 11 is 0. The van der Waals surface area contributed by atoms with Gasteiger partial charge in [-0.25, -0.2) is 9.97 Å². The average molecular weight is 407 g/mol. The summed E-state index contributed by atoms with van der Waals surface area (Å²) < 4.78 is 0. The van der Waals surface area contributed by atoms with Crippen molar-refractivity contribution < 1.29 is 0 Å². The summed E-state index contributed by atoms with van der Waals surface area (Å²) in [7, 11) is 2.00. The van der Waals surface area contributed by atoms with Crippen molar-refractivity contribution in [3.63, 3.8) is 0 Å². The summed E-state index contributed by atoms with van der Waals surface area (Å²) in [5.41, 5.74) is 1.90. The standard InChI is InChI=1S/C24H34N6/c1-25-7-4-8-26-23-18-5-2-3-6-20(18)27-22(28-23)16-29-9-11-30(12-10-29)21-13-17-14-24(17)15-19(21)24/h2-3,5-6,17,19,21,25H,4,7-16H2,1H3,(H,26,27,28)/t17-,19?,21?,24?/m1/s1. The number of nitrogens with zero attached hydrogens (tertiary/aromatic N) is 4. The zero-order chi connectivity index (χ0) is 20.1. The molecule has 6 heteroatoms. The Bertz CT molecular complexity index is 923. The van der Waals surface area contributed by atoms with Crippen LogP contribution < -0.4 is 10.6 Å². The molecular weight excluding hydrogens is 372 g/mol. The summed E-state index contributed by atoms with van der Waals surface area (Å²) in [4.78, 5) is 15.2. The first-order chi connectivity index (χ1) is 14.8. The van der Waals surface area contributed by atoms with E-state index in [1.54, 1.807) is 6.42 Å². The zero-order valence-corrected chi connectivity index (χ0v) is 18.1. The molecule has 3 unspecified atom stereocenters. The SMILES string of the molecule is CNCCCNc1nc(CN2CCN(C3C[C@@H]4CC45CC35)CC2)nc2ccccc12. The minimum absolute atomic E-state index is 0.852. The number of rotatable bonds is 8. The number of anilines is 1. The predicted octanol–water partition coefficient (Wildman–Crippen LogP) is 2.57. The molecule has 4 atom stereocenters. The highest BCUT2D eigenvalue weighted by atomic mass is 15.3. The Kier molecular flexibility index (Phi) is 4.70. The van der Waals surface area contributed by atoms with Crippen LogP contribution in [0, 0.1) is 17.3 Å².